The van der Waals surface area contributed by atoms with E-state index in [2.05, 4.69) is 15.0 Å². The lowest BCUT2D eigenvalue weighted by Gasteiger charge is -2.31. The van der Waals surface area contributed by atoms with Gasteiger partial charge in [-0.05, 0) is 18.9 Å². The van der Waals surface area contributed by atoms with E-state index in [1.54, 1.807) is 11.3 Å². The molecule has 2 aliphatic rings. The number of rotatable bonds is 4. The standard InChI is InChI=1S/C16H22N4O2S/c1-4-18-20(6-1)10-14-2-3-16(22-14)12-19(7-8-21-13-16)11-15-17-5-9-23-15/h1,4-6,9,14H,2-3,7-8,10-13H2. The SMILES string of the molecule is c1cnn(CC2CCC3(COCCN(Cc4nccs4)C3)O2)c1. The molecule has 0 aromatic carbocycles. The first-order chi connectivity index (χ1) is 11.3. The molecule has 23 heavy (non-hydrogen) atoms. The maximum absolute atomic E-state index is 6.45. The van der Waals surface area contributed by atoms with Crippen molar-refractivity contribution in [1.82, 2.24) is 19.7 Å². The van der Waals surface area contributed by atoms with Crippen LogP contribution >= 0.6 is 11.3 Å². The van der Waals surface area contributed by atoms with Crippen LogP contribution in [0.15, 0.2) is 30.0 Å². The van der Waals surface area contributed by atoms with Crippen molar-refractivity contribution in [3.05, 3.63) is 35.0 Å². The largest absolute Gasteiger partial charge is 0.377 e. The van der Waals surface area contributed by atoms with E-state index in [1.807, 2.05) is 34.7 Å². The summed E-state index contributed by atoms with van der Waals surface area (Å²) in [6.45, 7) is 5.02. The quantitative estimate of drug-likeness (QED) is 0.853. The topological polar surface area (TPSA) is 52.4 Å². The van der Waals surface area contributed by atoms with Crippen molar-refractivity contribution in [2.24, 2.45) is 0 Å². The summed E-state index contributed by atoms with van der Waals surface area (Å²) in [5.41, 5.74) is -0.175. The van der Waals surface area contributed by atoms with Crippen molar-refractivity contribution in [3.63, 3.8) is 0 Å². The van der Waals surface area contributed by atoms with Crippen molar-refractivity contribution in [1.29, 1.82) is 0 Å². The molecule has 1 spiro atoms. The second kappa shape index (κ2) is 6.68. The van der Waals surface area contributed by atoms with Gasteiger partial charge < -0.3 is 9.47 Å². The maximum atomic E-state index is 6.45. The van der Waals surface area contributed by atoms with E-state index in [1.165, 1.54) is 0 Å². The second-order valence-electron chi connectivity index (χ2n) is 6.38. The minimum atomic E-state index is -0.175. The maximum Gasteiger partial charge on any atom is 0.107 e. The molecular weight excluding hydrogens is 312 g/mol. The van der Waals surface area contributed by atoms with Crippen molar-refractivity contribution >= 4 is 11.3 Å². The highest BCUT2D eigenvalue weighted by Crippen LogP contribution is 2.34. The van der Waals surface area contributed by atoms with Gasteiger partial charge in [-0.2, -0.15) is 5.10 Å². The van der Waals surface area contributed by atoms with Crippen molar-refractivity contribution in [3.8, 4) is 0 Å². The van der Waals surface area contributed by atoms with Gasteiger partial charge in [-0.15, -0.1) is 11.3 Å². The lowest BCUT2D eigenvalue weighted by atomic mass is 10.00. The molecule has 0 amide bonds. The highest BCUT2D eigenvalue weighted by atomic mass is 32.1. The van der Waals surface area contributed by atoms with Crippen LogP contribution in [0.25, 0.3) is 0 Å². The molecule has 0 radical (unpaired) electrons. The Bertz CT molecular complexity index is 604. The predicted molar refractivity (Wildman–Crippen MR) is 87.3 cm³/mol. The molecule has 2 fully saturated rings. The molecule has 4 heterocycles. The first kappa shape index (κ1) is 15.3. The second-order valence-corrected chi connectivity index (χ2v) is 7.36. The molecule has 0 aliphatic carbocycles. The van der Waals surface area contributed by atoms with E-state index >= 15 is 0 Å². The molecule has 2 aromatic heterocycles. The molecule has 6 nitrogen and oxygen atoms in total. The fourth-order valence-corrected chi connectivity index (χ4v) is 4.16. The number of hydrogen-bond acceptors (Lipinski definition) is 6. The Morgan fingerprint density at radius 2 is 2.39 bits per heavy atom. The minimum absolute atomic E-state index is 0.175. The van der Waals surface area contributed by atoms with Crippen molar-refractivity contribution in [2.75, 3.05) is 26.3 Å². The molecule has 0 N–H and O–H groups in total. The van der Waals surface area contributed by atoms with E-state index < -0.39 is 0 Å². The average Bonchev–Trinajstić information content (AvgIpc) is 3.25. The molecule has 2 atom stereocenters. The summed E-state index contributed by atoms with van der Waals surface area (Å²) in [5.74, 6) is 0. The highest BCUT2D eigenvalue weighted by molar-refractivity contribution is 7.09. The zero-order valence-corrected chi connectivity index (χ0v) is 14.0. The fourth-order valence-electron chi connectivity index (χ4n) is 3.50. The summed E-state index contributed by atoms with van der Waals surface area (Å²) in [4.78, 5) is 6.82. The summed E-state index contributed by atoms with van der Waals surface area (Å²) >= 11 is 1.71. The number of aromatic nitrogens is 3. The number of nitrogens with zero attached hydrogens (tertiary/aromatic N) is 4. The Hall–Kier alpha value is -1.28. The molecule has 0 bridgehead atoms. The van der Waals surface area contributed by atoms with Gasteiger partial charge in [0.25, 0.3) is 0 Å². The van der Waals surface area contributed by atoms with Crippen LogP contribution in [0, 0.1) is 0 Å². The molecule has 7 heteroatoms. The van der Waals surface area contributed by atoms with Gasteiger partial charge in [0.15, 0.2) is 0 Å². The van der Waals surface area contributed by atoms with Gasteiger partial charge >= 0.3 is 0 Å². The predicted octanol–water partition coefficient (Wildman–Crippen LogP) is 1.79. The van der Waals surface area contributed by atoms with E-state index in [4.69, 9.17) is 9.47 Å². The molecule has 2 aromatic rings. The third kappa shape index (κ3) is 3.63. The monoisotopic (exact) mass is 334 g/mol. The Morgan fingerprint density at radius 3 is 3.22 bits per heavy atom. The third-order valence-corrected chi connectivity index (χ3v) is 5.32. The first-order valence-electron chi connectivity index (χ1n) is 8.15. The minimum Gasteiger partial charge on any atom is -0.377 e. The average molecular weight is 334 g/mol. The third-order valence-electron chi connectivity index (χ3n) is 4.56. The van der Waals surface area contributed by atoms with E-state index in [0.29, 0.717) is 6.61 Å². The fraction of sp³-hybridized carbons (Fsp3) is 0.625. The van der Waals surface area contributed by atoms with Gasteiger partial charge in [-0.25, -0.2) is 4.98 Å². The summed E-state index contributed by atoms with van der Waals surface area (Å²) in [7, 11) is 0. The van der Waals surface area contributed by atoms with Crippen LogP contribution < -0.4 is 0 Å². The van der Waals surface area contributed by atoms with Crippen molar-refractivity contribution in [2.45, 2.75) is 37.6 Å². The summed E-state index contributed by atoms with van der Waals surface area (Å²) < 4.78 is 14.3. The molecule has 2 aliphatic heterocycles. The lowest BCUT2D eigenvalue weighted by molar-refractivity contribution is -0.0904. The number of thiazole rings is 1. The van der Waals surface area contributed by atoms with Crippen LogP contribution in [0.1, 0.15) is 17.8 Å². The van der Waals surface area contributed by atoms with Crippen LogP contribution in [0.4, 0.5) is 0 Å². The van der Waals surface area contributed by atoms with Crippen molar-refractivity contribution < 1.29 is 9.47 Å². The molecule has 4 rings (SSSR count). The molecule has 124 valence electrons. The molecule has 0 saturated carbocycles. The van der Waals surface area contributed by atoms with E-state index in [-0.39, 0.29) is 11.7 Å². The number of hydrogen-bond donors (Lipinski definition) is 0. The molecule has 2 unspecified atom stereocenters. The summed E-state index contributed by atoms with van der Waals surface area (Å²) in [6, 6.07) is 1.95. The Morgan fingerprint density at radius 1 is 1.39 bits per heavy atom. The lowest BCUT2D eigenvalue weighted by Crippen LogP contribution is -2.44. The van der Waals surface area contributed by atoms with Crippen LogP contribution in [0.5, 0.6) is 0 Å². The van der Waals surface area contributed by atoms with Gasteiger partial charge in [-0.3, -0.25) is 9.58 Å². The normalized spacial score (nSPS) is 29.1. The van der Waals surface area contributed by atoms with Gasteiger partial charge in [0.1, 0.15) is 10.6 Å². The van der Waals surface area contributed by atoms with Crippen LogP contribution in [-0.4, -0.2) is 57.7 Å². The Labute approximate surface area is 140 Å². The van der Waals surface area contributed by atoms with Gasteiger partial charge in [0.05, 0.1) is 32.4 Å². The first-order valence-corrected chi connectivity index (χ1v) is 9.03. The summed E-state index contributed by atoms with van der Waals surface area (Å²) in [6.07, 6.45) is 8.01. The van der Waals surface area contributed by atoms with Crippen LogP contribution in [-0.2, 0) is 22.6 Å². The highest BCUT2D eigenvalue weighted by Gasteiger charge is 2.43. The Kier molecular flexibility index (Phi) is 4.43. The van der Waals surface area contributed by atoms with Gasteiger partial charge in [-0.1, -0.05) is 0 Å². The Balaban J connectivity index is 1.40. The van der Waals surface area contributed by atoms with Crippen LogP contribution in [0.2, 0.25) is 0 Å². The molecule has 2 saturated heterocycles. The zero-order chi connectivity index (χ0) is 15.5. The zero-order valence-electron chi connectivity index (χ0n) is 13.1. The summed E-state index contributed by atoms with van der Waals surface area (Å²) in [5, 5.41) is 7.48. The van der Waals surface area contributed by atoms with Gasteiger partial charge in [0, 0.05) is 37.1 Å². The van der Waals surface area contributed by atoms with Gasteiger partial charge in [0.2, 0.25) is 0 Å². The van der Waals surface area contributed by atoms with E-state index in [0.717, 1.165) is 50.6 Å². The smallest absolute Gasteiger partial charge is 0.107 e. The van der Waals surface area contributed by atoms with E-state index in [9.17, 15) is 0 Å². The number of ether oxygens (including phenoxy) is 2. The molecular formula is C16H22N4O2S. The van der Waals surface area contributed by atoms with Crippen LogP contribution in [0.3, 0.4) is 0 Å².